The molecule has 5 heteroatoms. The Morgan fingerprint density at radius 1 is 1.17 bits per heavy atom. The largest absolute Gasteiger partial charge is 0.352 e. The maximum atomic E-state index is 11.4. The summed E-state index contributed by atoms with van der Waals surface area (Å²) in [7, 11) is 0. The van der Waals surface area contributed by atoms with Crippen molar-refractivity contribution in [2.24, 2.45) is 0 Å². The molecule has 1 unspecified atom stereocenters. The zero-order chi connectivity index (χ0) is 20.4. The molecule has 5 nitrogen and oxygen atoms in total. The van der Waals surface area contributed by atoms with Crippen LogP contribution in [-0.2, 0) is 11.3 Å². The zero-order valence-electron chi connectivity index (χ0n) is 17.4. The van der Waals surface area contributed by atoms with Crippen LogP contribution < -0.4 is 5.32 Å². The van der Waals surface area contributed by atoms with E-state index in [2.05, 4.69) is 72.7 Å². The van der Waals surface area contributed by atoms with E-state index in [1.165, 1.54) is 16.7 Å². The van der Waals surface area contributed by atoms with Gasteiger partial charge in [-0.15, -0.1) is 0 Å². The van der Waals surface area contributed by atoms with Crippen LogP contribution in [0, 0.1) is 13.8 Å². The molecule has 1 atom stereocenters. The molecule has 1 aliphatic heterocycles. The van der Waals surface area contributed by atoms with E-state index in [1.807, 2.05) is 10.7 Å². The number of aryl methyl sites for hydroxylation is 2. The van der Waals surface area contributed by atoms with Gasteiger partial charge in [0.05, 0.1) is 11.4 Å². The highest BCUT2D eigenvalue weighted by atomic mass is 16.1. The van der Waals surface area contributed by atoms with Gasteiger partial charge in [-0.1, -0.05) is 42.5 Å². The molecule has 1 aromatic heterocycles. The molecule has 1 amide bonds. The predicted octanol–water partition coefficient (Wildman–Crippen LogP) is 3.87. The second-order valence-electron chi connectivity index (χ2n) is 8.02. The standard InChI is InChI=1S/C24H28N4O/c1-17-9-10-18(2)23(13-17)28-15-21(24(26-28)20-7-5-4-6-8-20)14-27-12-11-22(16-27)25-19(3)29/h4-10,13,15,22H,11-12,14,16H2,1-3H3,(H,25,29). The Morgan fingerprint density at radius 3 is 2.72 bits per heavy atom. The summed E-state index contributed by atoms with van der Waals surface area (Å²) in [4.78, 5) is 13.8. The molecule has 1 fully saturated rings. The second-order valence-corrected chi connectivity index (χ2v) is 8.02. The molecular formula is C24H28N4O. The Bertz CT molecular complexity index is 1010. The quantitative estimate of drug-likeness (QED) is 0.722. The van der Waals surface area contributed by atoms with Gasteiger partial charge in [-0.3, -0.25) is 9.69 Å². The first kappa shape index (κ1) is 19.4. The number of carbonyl (C=O) groups is 1. The van der Waals surface area contributed by atoms with Crippen molar-refractivity contribution < 1.29 is 4.79 Å². The lowest BCUT2D eigenvalue weighted by Crippen LogP contribution is -2.35. The summed E-state index contributed by atoms with van der Waals surface area (Å²) in [6, 6.07) is 17.1. The van der Waals surface area contributed by atoms with Gasteiger partial charge >= 0.3 is 0 Å². The van der Waals surface area contributed by atoms with Gasteiger partial charge in [0.25, 0.3) is 0 Å². The third-order valence-electron chi connectivity index (χ3n) is 5.52. The molecule has 3 aromatic rings. The first-order valence-corrected chi connectivity index (χ1v) is 10.2. The zero-order valence-corrected chi connectivity index (χ0v) is 17.4. The smallest absolute Gasteiger partial charge is 0.217 e. The number of benzene rings is 2. The van der Waals surface area contributed by atoms with Gasteiger partial charge in [-0.25, -0.2) is 4.68 Å². The van der Waals surface area contributed by atoms with E-state index < -0.39 is 0 Å². The van der Waals surface area contributed by atoms with Crippen LogP contribution in [0.4, 0.5) is 0 Å². The second kappa shape index (κ2) is 8.21. The van der Waals surface area contributed by atoms with E-state index in [-0.39, 0.29) is 11.9 Å². The van der Waals surface area contributed by atoms with Gasteiger partial charge in [0, 0.05) is 49.9 Å². The predicted molar refractivity (Wildman–Crippen MR) is 116 cm³/mol. The Balaban J connectivity index is 1.66. The highest BCUT2D eigenvalue weighted by Gasteiger charge is 2.25. The number of hydrogen-bond donors (Lipinski definition) is 1. The van der Waals surface area contributed by atoms with Crippen molar-refractivity contribution in [2.45, 2.75) is 39.8 Å². The van der Waals surface area contributed by atoms with E-state index in [0.29, 0.717) is 0 Å². The fraction of sp³-hybridized carbons (Fsp3) is 0.333. The van der Waals surface area contributed by atoms with Gasteiger partial charge in [0.2, 0.25) is 5.91 Å². The molecule has 2 heterocycles. The molecule has 0 radical (unpaired) electrons. The summed E-state index contributed by atoms with van der Waals surface area (Å²) < 4.78 is 2.02. The van der Waals surface area contributed by atoms with Crippen molar-refractivity contribution in [1.82, 2.24) is 20.0 Å². The van der Waals surface area contributed by atoms with Crippen LogP contribution in [-0.4, -0.2) is 39.7 Å². The van der Waals surface area contributed by atoms with Crippen molar-refractivity contribution in [3.8, 4) is 16.9 Å². The molecule has 0 aliphatic carbocycles. The summed E-state index contributed by atoms with van der Waals surface area (Å²) in [5, 5.41) is 8.03. The summed E-state index contributed by atoms with van der Waals surface area (Å²) >= 11 is 0. The number of likely N-dealkylation sites (tertiary alicyclic amines) is 1. The van der Waals surface area contributed by atoms with Crippen molar-refractivity contribution in [1.29, 1.82) is 0 Å². The third-order valence-corrected chi connectivity index (χ3v) is 5.52. The fourth-order valence-corrected chi connectivity index (χ4v) is 4.08. The van der Waals surface area contributed by atoms with Crippen molar-refractivity contribution in [3.05, 3.63) is 71.4 Å². The van der Waals surface area contributed by atoms with E-state index in [1.54, 1.807) is 6.92 Å². The Morgan fingerprint density at radius 2 is 1.97 bits per heavy atom. The van der Waals surface area contributed by atoms with Crippen LogP contribution in [0.5, 0.6) is 0 Å². The molecule has 150 valence electrons. The lowest BCUT2D eigenvalue weighted by molar-refractivity contribution is -0.119. The van der Waals surface area contributed by atoms with E-state index in [4.69, 9.17) is 5.10 Å². The fourth-order valence-electron chi connectivity index (χ4n) is 4.08. The number of nitrogens with zero attached hydrogens (tertiary/aromatic N) is 3. The monoisotopic (exact) mass is 388 g/mol. The topological polar surface area (TPSA) is 50.2 Å². The number of amides is 1. The molecule has 0 spiro atoms. The summed E-state index contributed by atoms with van der Waals surface area (Å²) in [5.41, 5.74) is 6.91. The van der Waals surface area contributed by atoms with Crippen molar-refractivity contribution in [2.75, 3.05) is 13.1 Å². The van der Waals surface area contributed by atoms with Gasteiger partial charge in [-0.05, 0) is 37.5 Å². The van der Waals surface area contributed by atoms with Crippen molar-refractivity contribution >= 4 is 5.91 Å². The van der Waals surface area contributed by atoms with Crippen LogP contribution in [0.15, 0.2) is 54.7 Å². The number of aromatic nitrogens is 2. The highest BCUT2D eigenvalue weighted by Crippen LogP contribution is 2.27. The molecule has 1 N–H and O–H groups in total. The molecule has 0 bridgehead atoms. The number of hydrogen-bond acceptors (Lipinski definition) is 3. The summed E-state index contributed by atoms with van der Waals surface area (Å²) in [5.74, 6) is 0.0459. The SMILES string of the molecule is CC(=O)NC1CCN(Cc2cn(-c3cc(C)ccc3C)nc2-c2ccccc2)C1. The maximum Gasteiger partial charge on any atom is 0.217 e. The average Bonchev–Trinajstić information content (AvgIpc) is 3.31. The van der Waals surface area contributed by atoms with Crippen LogP contribution in [0.1, 0.15) is 30.0 Å². The lowest BCUT2D eigenvalue weighted by Gasteiger charge is -2.16. The Hall–Kier alpha value is -2.92. The Kier molecular flexibility index (Phi) is 5.49. The number of rotatable bonds is 5. The van der Waals surface area contributed by atoms with Crippen LogP contribution in [0.3, 0.4) is 0 Å². The first-order chi connectivity index (χ1) is 14.0. The lowest BCUT2D eigenvalue weighted by atomic mass is 10.1. The Labute approximate surface area is 172 Å². The average molecular weight is 389 g/mol. The minimum Gasteiger partial charge on any atom is -0.352 e. The van der Waals surface area contributed by atoms with E-state index >= 15 is 0 Å². The maximum absolute atomic E-state index is 11.4. The van der Waals surface area contributed by atoms with Gasteiger partial charge in [0.15, 0.2) is 0 Å². The highest BCUT2D eigenvalue weighted by molar-refractivity contribution is 5.73. The van der Waals surface area contributed by atoms with Crippen LogP contribution >= 0.6 is 0 Å². The summed E-state index contributed by atoms with van der Waals surface area (Å²) in [6.07, 6.45) is 3.15. The molecule has 1 aliphatic rings. The number of carbonyl (C=O) groups excluding carboxylic acids is 1. The van der Waals surface area contributed by atoms with E-state index in [9.17, 15) is 4.79 Å². The molecular weight excluding hydrogens is 360 g/mol. The van der Waals surface area contributed by atoms with Crippen LogP contribution in [0.2, 0.25) is 0 Å². The molecule has 4 rings (SSSR count). The minimum absolute atomic E-state index is 0.0459. The van der Waals surface area contributed by atoms with Crippen LogP contribution in [0.25, 0.3) is 16.9 Å². The molecule has 1 saturated heterocycles. The third kappa shape index (κ3) is 4.40. The number of nitrogens with one attached hydrogen (secondary N) is 1. The van der Waals surface area contributed by atoms with E-state index in [0.717, 1.165) is 43.0 Å². The van der Waals surface area contributed by atoms with Gasteiger partial charge < -0.3 is 5.32 Å². The van der Waals surface area contributed by atoms with Gasteiger partial charge in [0.1, 0.15) is 0 Å². The normalized spacial score (nSPS) is 16.9. The molecule has 0 saturated carbocycles. The first-order valence-electron chi connectivity index (χ1n) is 10.2. The minimum atomic E-state index is 0.0459. The summed E-state index contributed by atoms with van der Waals surface area (Å²) in [6.45, 7) is 8.50. The molecule has 2 aromatic carbocycles. The van der Waals surface area contributed by atoms with Crippen molar-refractivity contribution in [3.63, 3.8) is 0 Å². The van der Waals surface area contributed by atoms with Gasteiger partial charge in [-0.2, -0.15) is 5.10 Å². The molecule has 29 heavy (non-hydrogen) atoms.